The van der Waals surface area contributed by atoms with Gasteiger partial charge in [0, 0.05) is 23.6 Å². The average molecular weight is 400 g/mol. The molecule has 0 fully saturated rings. The topological polar surface area (TPSA) is 71.1 Å². The van der Waals surface area contributed by atoms with Gasteiger partial charge in [-0.05, 0) is 36.8 Å². The fraction of sp³-hybridized carbons (Fsp3) is 0.150. The lowest BCUT2D eigenvalue weighted by atomic mass is 10.2. The minimum Gasteiger partial charge on any atom is -0.352 e. The molecule has 3 rings (SSSR count). The van der Waals surface area contributed by atoms with Gasteiger partial charge in [-0.25, -0.2) is 4.98 Å². The average Bonchev–Trinajstić information content (AvgIpc) is 3.03. The summed E-state index contributed by atoms with van der Waals surface area (Å²) in [6.07, 6.45) is 0.165. The van der Waals surface area contributed by atoms with E-state index in [0.717, 1.165) is 16.1 Å². The quantitative estimate of drug-likeness (QED) is 0.639. The van der Waals surface area contributed by atoms with E-state index >= 15 is 0 Å². The highest BCUT2D eigenvalue weighted by Crippen LogP contribution is 2.32. The maximum absolute atomic E-state index is 12.1. The highest BCUT2D eigenvalue weighted by molar-refractivity contribution is 7.19. The predicted molar refractivity (Wildman–Crippen MR) is 109 cm³/mol. The van der Waals surface area contributed by atoms with Gasteiger partial charge < -0.3 is 10.6 Å². The summed E-state index contributed by atoms with van der Waals surface area (Å²) in [7, 11) is 0. The van der Waals surface area contributed by atoms with Crippen LogP contribution in [0.1, 0.15) is 22.5 Å². The van der Waals surface area contributed by atoms with Crippen molar-refractivity contribution in [2.45, 2.75) is 13.3 Å². The molecule has 27 heavy (non-hydrogen) atoms. The van der Waals surface area contributed by atoms with Gasteiger partial charge in [0.25, 0.3) is 5.91 Å². The first-order valence-electron chi connectivity index (χ1n) is 8.39. The van der Waals surface area contributed by atoms with Crippen LogP contribution in [0.5, 0.6) is 0 Å². The van der Waals surface area contributed by atoms with Gasteiger partial charge in [0.2, 0.25) is 5.91 Å². The van der Waals surface area contributed by atoms with Crippen molar-refractivity contribution < 1.29 is 9.59 Å². The van der Waals surface area contributed by atoms with Crippen molar-refractivity contribution in [2.75, 3.05) is 11.9 Å². The Morgan fingerprint density at radius 1 is 1.07 bits per heavy atom. The number of anilines is 1. The monoisotopic (exact) mass is 399 g/mol. The van der Waals surface area contributed by atoms with Crippen molar-refractivity contribution in [1.82, 2.24) is 10.3 Å². The van der Waals surface area contributed by atoms with Gasteiger partial charge in [-0.2, -0.15) is 0 Å². The number of aromatic nitrogens is 1. The molecular weight excluding hydrogens is 382 g/mol. The highest BCUT2D eigenvalue weighted by atomic mass is 35.5. The number of aryl methyl sites for hydroxylation is 1. The standard InChI is InChI=1S/C20H18ClN3O2S/c1-13-18(14-5-3-2-4-6-14)27-20(23-13)24-17(25)11-12-22-19(26)15-7-9-16(21)10-8-15/h2-10H,11-12H2,1H3,(H,22,26)(H,23,24,25). The van der Waals surface area contributed by atoms with Crippen LogP contribution in [-0.4, -0.2) is 23.3 Å². The first-order valence-corrected chi connectivity index (χ1v) is 9.59. The van der Waals surface area contributed by atoms with E-state index in [4.69, 9.17) is 11.6 Å². The maximum Gasteiger partial charge on any atom is 0.251 e. The Balaban J connectivity index is 1.51. The molecule has 0 aliphatic rings. The molecule has 0 bridgehead atoms. The first-order chi connectivity index (χ1) is 13.0. The molecule has 0 saturated carbocycles. The molecule has 1 heterocycles. The van der Waals surface area contributed by atoms with E-state index in [-0.39, 0.29) is 24.8 Å². The van der Waals surface area contributed by atoms with Crippen LogP contribution < -0.4 is 10.6 Å². The maximum atomic E-state index is 12.1. The zero-order chi connectivity index (χ0) is 19.2. The molecule has 2 N–H and O–H groups in total. The lowest BCUT2D eigenvalue weighted by Crippen LogP contribution is -2.27. The summed E-state index contributed by atoms with van der Waals surface area (Å²) in [5, 5.41) is 6.64. The number of hydrogen-bond donors (Lipinski definition) is 2. The predicted octanol–water partition coefficient (Wildman–Crippen LogP) is 4.53. The summed E-state index contributed by atoms with van der Waals surface area (Å²) in [6.45, 7) is 2.16. The van der Waals surface area contributed by atoms with Crippen LogP contribution in [0.3, 0.4) is 0 Å². The van der Waals surface area contributed by atoms with Gasteiger partial charge in [-0.15, -0.1) is 0 Å². The molecule has 2 amide bonds. The van der Waals surface area contributed by atoms with E-state index in [9.17, 15) is 9.59 Å². The zero-order valence-corrected chi connectivity index (χ0v) is 16.2. The molecule has 0 spiro atoms. The van der Waals surface area contributed by atoms with Gasteiger partial charge in [0.05, 0.1) is 10.6 Å². The lowest BCUT2D eigenvalue weighted by molar-refractivity contribution is -0.116. The molecule has 0 atom stereocenters. The number of thiazole rings is 1. The number of nitrogens with one attached hydrogen (secondary N) is 2. The molecule has 2 aromatic carbocycles. The van der Waals surface area contributed by atoms with Crippen LogP contribution in [0.15, 0.2) is 54.6 Å². The minimum atomic E-state index is -0.240. The molecule has 0 aliphatic heterocycles. The van der Waals surface area contributed by atoms with Gasteiger partial charge >= 0.3 is 0 Å². The van der Waals surface area contributed by atoms with Crippen LogP contribution in [0.2, 0.25) is 5.02 Å². The third-order valence-corrected chi connectivity index (χ3v) is 5.20. The minimum absolute atomic E-state index is 0.165. The summed E-state index contributed by atoms with van der Waals surface area (Å²) in [4.78, 5) is 29.6. The summed E-state index contributed by atoms with van der Waals surface area (Å²) >= 11 is 7.24. The second-order valence-corrected chi connectivity index (χ2v) is 7.30. The van der Waals surface area contributed by atoms with Crippen LogP contribution in [0, 0.1) is 6.92 Å². The van der Waals surface area contributed by atoms with E-state index in [2.05, 4.69) is 15.6 Å². The molecule has 7 heteroatoms. The van der Waals surface area contributed by atoms with Crippen molar-refractivity contribution in [3.8, 4) is 10.4 Å². The van der Waals surface area contributed by atoms with Gasteiger partial charge in [-0.3, -0.25) is 9.59 Å². The SMILES string of the molecule is Cc1nc(NC(=O)CCNC(=O)c2ccc(Cl)cc2)sc1-c1ccccc1. The van der Waals surface area contributed by atoms with Crippen LogP contribution >= 0.6 is 22.9 Å². The Labute approximate surface area is 166 Å². The van der Waals surface area contributed by atoms with Crippen molar-refractivity contribution in [3.63, 3.8) is 0 Å². The molecule has 0 unspecified atom stereocenters. The van der Waals surface area contributed by atoms with Crippen LogP contribution in [0.4, 0.5) is 5.13 Å². The van der Waals surface area contributed by atoms with E-state index in [1.165, 1.54) is 11.3 Å². The molecule has 3 aromatic rings. The third kappa shape index (κ3) is 5.15. The lowest BCUT2D eigenvalue weighted by Gasteiger charge is -2.05. The fourth-order valence-corrected chi connectivity index (χ4v) is 3.60. The Bertz CT molecular complexity index is 940. The molecule has 138 valence electrons. The summed E-state index contributed by atoms with van der Waals surface area (Å²) in [6, 6.07) is 16.5. The van der Waals surface area contributed by atoms with E-state index in [1.54, 1.807) is 24.3 Å². The summed E-state index contributed by atoms with van der Waals surface area (Å²) < 4.78 is 0. The number of amides is 2. The Hall–Kier alpha value is -2.70. The third-order valence-electron chi connectivity index (χ3n) is 3.82. The van der Waals surface area contributed by atoms with Crippen molar-refractivity contribution in [2.24, 2.45) is 0 Å². The summed E-state index contributed by atoms with van der Waals surface area (Å²) in [5.41, 5.74) is 2.45. The number of nitrogens with zero attached hydrogens (tertiary/aromatic N) is 1. The van der Waals surface area contributed by atoms with E-state index in [0.29, 0.717) is 15.7 Å². The van der Waals surface area contributed by atoms with Crippen molar-refractivity contribution >= 4 is 39.9 Å². The number of carbonyl (C=O) groups excluding carboxylic acids is 2. The Kier molecular flexibility index (Phi) is 6.21. The van der Waals surface area contributed by atoms with Crippen LogP contribution in [0.25, 0.3) is 10.4 Å². The fourth-order valence-electron chi connectivity index (χ4n) is 2.48. The highest BCUT2D eigenvalue weighted by Gasteiger charge is 2.12. The number of benzene rings is 2. The molecule has 0 radical (unpaired) electrons. The first kappa shape index (κ1) is 19.1. The number of rotatable bonds is 6. The van der Waals surface area contributed by atoms with Crippen molar-refractivity contribution in [1.29, 1.82) is 0 Å². The van der Waals surface area contributed by atoms with E-state index in [1.807, 2.05) is 37.3 Å². The Morgan fingerprint density at radius 2 is 1.78 bits per heavy atom. The smallest absolute Gasteiger partial charge is 0.251 e. The molecule has 0 aliphatic carbocycles. The molecule has 5 nitrogen and oxygen atoms in total. The number of hydrogen-bond acceptors (Lipinski definition) is 4. The molecule has 0 saturated heterocycles. The Morgan fingerprint density at radius 3 is 2.48 bits per heavy atom. The van der Waals surface area contributed by atoms with Gasteiger partial charge in [-0.1, -0.05) is 53.3 Å². The van der Waals surface area contributed by atoms with E-state index < -0.39 is 0 Å². The second-order valence-electron chi connectivity index (χ2n) is 5.86. The van der Waals surface area contributed by atoms with Gasteiger partial charge in [0.1, 0.15) is 0 Å². The zero-order valence-electron chi connectivity index (χ0n) is 14.7. The normalized spacial score (nSPS) is 10.4. The second kappa shape index (κ2) is 8.79. The van der Waals surface area contributed by atoms with Crippen LogP contribution in [-0.2, 0) is 4.79 Å². The molecule has 1 aromatic heterocycles. The van der Waals surface area contributed by atoms with Gasteiger partial charge in [0.15, 0.2) is 5.13 Å². The number of halogens is 1. The largest absolute Gasteiger partial charge is 0.352 e. The van der Waals surface area contributed by atoms with Crippen molar-refractivity contribution in [3.05, 3.63) is 70.9 Å². The summed E-state index contributed by atoms with van der Waals surface area (Å²) in [5.74, 6) is -0.435. The number of carbonyl (C=O) groups is 2. The molecular formula is C20H18ClN3O2S.